The van der Waals surface area contributed by atoms with Gasteiger partial charge in [0.15, 0.2) is 0 Å². The molecule has 0 aromatic heterocycles. The van der Waals surface area contributed by atoms with Crippen molar-refractivity contribution in [1.29, 1.82) is 0 Å². The summed E-state index contributed by atoms with van der Waals surface area (Å²) in [6.45, 7) is 4.53. The molecule has 0 rings (SSSR count). The molecule has 0 radical (unpaired) electrons. The van der Waals surface area contributed by atoms with Crippen molar-refractivity contribution < 1.29 is 19.4 Å². The number of rotatable bonds is 33. The van der Waals surface area contributed by atoms with Gasteiger partial charge in [0, 0.05) is 12.8 Å². The van der Waals surface area contributed by atoms with E-state index in [0.717, 1.165) is 38.5 Å². The Morgan fingerprint density at radius 3 is 1.37 bits per heavy atom. The zero-order valence-electron chi connectivity index (χ0n) is 27.6. The van der Waals surface area contributed by atoms with E-state index < -0.39 is 5.97 Å². The van der Waals surface area contributed by atoms with Gasteiger partial charge >= 0.3 is 11.9 Å². The number of esters is 1. The number of aliphatic carboxylic acids is 1. The first-order valence-corrected chi connectivity index (χ1v) is 18.2. The number of hydrogen-bond acceptors (Lipinski definition) is 3. The minimum atomic E-state index is -0.742. The highest BCUT2D eigenvalue weighted by Crippen LogP contribution is 2.18. The topological polar surface area (TPSA) is 63.6 Å². The normalized spacial score (nSPS) is 12.2. The van der Waals surface area contributed by atoms with Crippen molar-refractivity contribution >= 4 is 11.9 Å². The molecule has 0 aliphatic carbocycles. The average molecular weight is 579 g/mol. The maximum atomic E-state index is 12.5. The highest BCUT2D eigenvalue weighted by molar-refractivity contribution is 5.69. The molecule has 41 heavy (non-hydrogen) atoms. The lowest BCUT2D eigenvalue weighted by molar-refractivity contribution is -0.150. The third kappa shape index (κ3) is 33.1. The van der Waals surface area contributed by atoms with Crippen LogP contribution in [-0.2, 0) is 14.3 Å². The van der Waals surface area contributed by atoms with E-state index in [4.69, 9.17) is 9.84 Å². The molecule has 0 aromatic carbocycles. The Labute approximate surface area is 255 Å². The third-order valence-corrected chi connectivity index (χ3v) is 8.24. The molecule has 1 N–H and O–H groups in total. The smallest absolute Gasteiger partial charge is 0.306 e. The van der Waals surface area contributed by atoms with E-state index in [2.05, 4.69) is 26.0 Å². The molecule has 1 unspecified atom stereocenters. The summed E-state index contributed by atoms with van der Waals surface area (Å²) >= 11 is 0. The van der Waals surface area contributed by atoms with E-state index in [1.807, 2.05) is 0 Å². The summed E-state index contributed by atoms with van der Waals surface area (Å²) in [6, 6.07) is 0. The van der Waals surface area contributed by atoms with Crippen LogP contribution in [0.2, 0.25) is 0 Å². The van der Waals surface area contributed by atoms with Gasteiger partial charge in [0.25, 0.3) is 0 Å². The van der Waals surface area contributed by atoms with Crippen molar-refractivity contribution in [2.45, 2.75) is 213 Å². The molecule has 0 saturated carbocycles. The fourth-order valence-electron chi connectivity index (χ4n) is 5.53. The first-order valence-electron chi connectivity index (χ1n) is 18.2. The van der Waals surface area contributed by atoms with E-state index in [0.29, 0.717) is 12.8 Å². The summed E-state index contributed by atoms with van der Waals surface area (Å²) in [5, 5.41) is 8.92. The van der Waals surface area contributed by atoms with Crippen LogP contribution < -0.4 is 0 Å². The number of hydrogen-bond donors (Lipinski definition) is 1. The SMILES string of the molecule is CCCCCC/C=C\CCCCCCCCC(=O)OC(CCCCCCCCCCCCCC)CCCCC(=O)O. The van der Waals surface area contributed by atoms with Gasteiger partial charge in [0.1, 0.15) is 6.10 Å². The molecule has 1 atom stereocenters. The van der Waals surface area contributed by atoms with Crippen molar-refractivity contribution in [1.82, 2.24) is 0 Å². The first-order chi connectivity index (χ1) is 20.1. The summed E-state index contributed by atoms with van der Waals surface area (Å²) in [6.07, 6.45) is 39.3. The molecule has 0 fully saturated rings. The fourth-order valence-corrected chi connectivity index (χ4v) is 5.53. The number of carbonyl (C=O) groups excluding carboxylic acids is 1. The predicted octanol–water partition coefficient (Wildman–Crippen LogP) is 12.3. The lowest BCUT2D eigenvalue weighted by Gasteiger charge is -2.18. The van der Waals surface area contributed by atoms with Crippen LogP contribution in [-0.4, -0.2) is 23.1 Å². The van der Waals surface area contributed by atoms with Gasteiger partial charge in [-0.1, -0.05) is 142 Å². The highest BCUT2D eigenvalue weighted by atomic mass is 16.5. The van der Waals surface area contributed by atoms with Gasteiger partial charge in [-0.2, -0.15) is 0 Å². The first kappa shape index (κ1) is 39.7. The van der Waals surface area contributed by atoms with Crippen molar-refractivity contribution in [3.8, 4) is 0 Å². The monoisotopic (exact) mass is 579 g/mol. The summed E-state index contributed by atoms with van der Waals surface area (Å²) in [4.78, 5) is 23.4. The van der Waals surface area contributed by atoms with Gasteiger partial charge in [-0.3, -0.25) is 9.59 Å². The maximum Gasteiger partial charge on any atom is 0.306 e. The molecule has 0 saturated heterocycles. The molecule has 0 heterocycles. The molecule has 0 amide bonds. The van der Waals surface area contributed by atoms with Crippen LogP contribution in [0.25, 0.3) is 0 Å². The van der Waals surface area contributed by atoms with E-state index in [1.165, 1.54) is 135 Å². The maximum absolute atomic E-state index is 12.5. The molecule has 0 spiro atoms. The number of ether oxygens (including phenoxy) is 1. The van der Waals surface area contributed by atoms with Gasteiger partial charge in [-0.15, -0.1) is 0 Å². The Kier molecular flexibility index (Phi) is 32.1. The minimum Gasteiger partial charge on any atom is -0.481 e. The summed E-state index contributed by atoms with van der Waals surface area (Å²) in [5.74, 6) is -0.801. The van der Waals surface area contributed by atoms with Crippen molar-refractivity contribution in [3.05, 3.63) is 12.2 Å². The second-order valence-electron chi connectivity index (χ2n) is 12.4. The molecular weight excluding hydrogens is 508 g/mol. The van der Waals surface area contributed by atoms with Gasteiger partial charge in [0.2, 0.25) is 0 Å². The van der Waals surface area contributed by atoms with Gasteiger partial charge < -0.3 is 9.84 Å². The summed E-state index contributed by atoms with van der Waals surface area (Å²) in [5.41, 5.74) is 0. The second kappa shape index (κ2) is 33.2. The number of carboxylic acids is 1. The van der Waals surface area contributed by atoms with Crippen molar-refractivity contribution in [2.24, 2.45) is 0 Å². The Balaban J connectivity index is 3.90. The number of unbranched alkanes of at least 4 members (excludes halogenated alkanes) is 22. The van der Waals surface area contributed by atoms with Crippen molar-refractivity contribution in [2.75, 3.05) is 0 Å². The molecule has 242 valence electrons. The van der Waals surface area contributed by atoms with Crippen LogP contribution in [0.15, 0.2) is 12.2 Å². The Morgan fingerprint density at radius 2 is 0.878 bits per heavy atom. The van der Waals surface area contributed by atoms with E-state index in [-0.39, 0.29) is 18.5 Å². The van der Waals surface area contributed by atoms with Crippen LogP contribution >= 0.6 is 0 Å². The standard InChI is InChI=1S/C37H70O4/c1-3-5-7-9-11-13-15-17-18-20-22-24-26-28-34-37(40)41-35(32-29-30-33-36(38)39)31-27-25-23-21-19-16-14-12-10-8-6-4-2/h13,15,35H,3-12,14,16-34H2,1-2H3,(H,38,39)/b15-13-. The van der Waals surface area contributed by atoms with E-state index in [9.17, 15) is 9.59 Å². The highest BCUT2D eigenvalue weighted by Gasteiger charge is 2.14. The summed E-state index contributed by atoms with van der Waals surface area (Å²) < 4.78 is 5.88. The minimum absolute atomic E-state index is 0.0425. The van der Waals surface area contributed by atoms with Crippen LogP contribution in [0.1, 0.15) is 206 Å². The Morgan fingerprint density at radius 1 is 0.512 bits per heavy atom. The molecule has 0 aliphatic rings. The largest absolute Gasteiger partial charge is 0.481 e. The van der Waals surface area contributed by atoms with Crippen LogP contribution in [0.3, 0.4) is 0 Å². The zero-order valence-corrected chi connectivity index (χ0v) is 27.6. The summed E-state index contributed by atoms with van der Waals surface area (Å²) in [7, 11) is 0. The van der Waals surface area contributed by atoms with Crippen LogP contribution in [0, 0.1) is 0 Å². The zero-order chi connectivity index (χ0) is 30.1. The quantitative estimate of drug-likeness (QED) is 0.0478. The number of carbonyl (C=O) groups is 2. The van der Waals surface area contributed by atoms with Gasteiger partial charge in [-0.25, -0.2) is 0 Å². The second-order valence-corrected chi connectivity index (χ2v) is 12.4. The molecule has 0 bridgehead atoms. The van der Waals surface area contributed by atoms with Crippen LogP contribution in [0.5, 0.6) is 0 Å². The number of allylic oxidation sites excluding steroid dienone is 2. The van der Waals surface area contributed by atoms with E-state index in [1.54, 1.807) is 0 Å². The van der Waals surface area contributed by atoms with Gasteiger partial charge in [0.05, 0.1) is 0 Å². The molecule has 0 aromatic rings. The van der Waals surface area contributed by atoms with E-state index >= 15 is 0 Å². The molecule has 0 aliphatic heterocycles. The molecule has 4 nitrogen and oxygen atoms in total. The van der Waals surface area contributed by atoms with Gasteiger partial charge in [-0.05, 0) is 64.2 Å². The molecular formula is C37H70O4. The van der Waals surface area contributed by atoms with Crippen LogP contribution in [0.4, 0.5) is 0 Å². The fraction of sp³-hybridized carbons (Fsp3) is 0.892. The third-order valence-electron chi connectivity index (χ3n) is 8.24. The number of carboxylic acid groups (broad SMARTS) is 1. The van der Waals surface area contributed by atoms with Crippen molar-refractivity contribution in [3.63, 3.8) is 0 Å². The Bertz CT molecular complexity index is 585. The predicted molar refractivity (Wildman–Crippen MR) is 177 cm³/mol. The Hall–Kier alpha value is -1.32. The lowest BCUT2D eigenvalue weighted by Crippen LogP contribution is -2.18. The molecule has 4 heteroatoms. The average Bonchev–Trinajstić information content (AvgIpc) is 2.95. The lowest BCUT2D eigenvalue weighted by atomic mass is 10.0.